The van der Waals surface area contributed by atoms with Crippen LogP contribution in [0.1, 0.15) is 27.2 Å². The molecule has 0 saturated carbocycles. The molecule has 0 amide bonds. The Morgan fingerprint density at radius 3 is 1.92 bits per heavy atom. The number of rotatable bonds is 0. The summed E-state index contributed by atoms with van der Waals surface area (Å²) in [5, 5.41) is 0. The summed E-state index contributed by atoms with van der Waals surface area (Å²) in [4.78, 5) is 0. The van der Waals surface area contributed by atoms with E-state index in [0.29, 0.717) is 5.92 Å². The molecular weight excluding hydrogens is 156 g/mol. The average molecular weight is 172 g/mol. The molecule has 0 unspecified atom stereocenters. The van der Waals surface area contributed by atoms with Crippen molar-refractivity contribution in [2.24, 2.45) is 5.92 Å². The van der Waals surface area contributed by atoms with Crippen LogP contribution in [0.2, 0.25) is 0 Å². The zero-order valence-electron chi connectivity index (χ0n) is 8.59. The third-order valence-corrected chi connectivity index (χ3v) is 2.81. The zero-order valence-corrected chi connectivity index (χ0v) is 8.59. The Morgan fingerprint density at radius 1 is 1.00 bits per heavy atom. The number of fused-ring (bicyclic) bond motifs is 1. The quantitative estimate of drug-likeness (QED) is 0.521. The Hall–Kier alpha value is -1.04. The van der Waals surface area contributed by atoms with Gasteiger partial charge in [0.15, 0.2) is 0 Å². The van der Waals surface area contributed by atoms with Crippen molar-refractivity contribution < 1.29 is 0 Å². The molecule has 2 aliphatic carbocycles. The lowest BCUT2D eigenvalue weighted by atomic mass is 9.99. The Kier molecular flexibility index (Phi) is 1.99. The van der Waals surface area contributed by atoms with Gasteiger partial charge in [-0.1, -0.05) is 31.2 Å². The molecule has 68 valence electrons. The lowest BCUT2D eigenvalue weighted by Gasteiger charge is -2.06. The van der Waals surface area contributed by atoms with E-state index in [9.17, 15) is 0 Å². The minimum atomic E-state index is 0.576. The largest absolute Gasteiger partial charge is 0.0743 e. The van der Waals surface area contributed by atoms with Gasteiger partial charge in [-0.05, 0) is 48.5 Å². The predicted molar refractivity (Wildman–Crippen MR) is 57.5 cm³/mol. The molecule has 0 N–H and O–H groups in total. The van der Waals surface area contributed by atoms with E-state index in [2.05, 4.69) is 45.1 Å². The molecule has 2 aliphatic rings. The standard InChI is InChI=1S/C13H16/c1-9-7-10(2)12-5-4-6-13(12)11(3)8-9/h5-9H,4H2,1-3H3. The number of hydrogen-bond acceptors (Lipinski definition) is 0. The molecule has 0 bridgehead atoms. The second kappa shape index (κ2) is 3.02. The van der Waals surface area contributed by atoms with Crippen LogP contribution < -0.4 is 0 Å². The molecule has 0 fully saturated rings. The molecule has 0 spiro atoms. The number of hydrogen-bond donors (Lipinski definition) is 0. The van der Waals surface area contributed by atoms with Gasteiger partial charge < -0.3 is 0 Å². The molecule has 0 aromatic rings. The van der Waals surface area contributed by atoms with Crippen LogP contribution in [0.5, 0.6) is 0 Å². The summed E-state index contributed by atoms with van der Waals surface area (Å²) in [6.45, 7) is 6.68. The first-order valence-electron chi connectivity index (χ1n) is 4.97. The SMILES string of the molecule is CC1=CC(C)C=C(C)C2=CCC=C12. The van der Waals surface area contributed by atoms with Crippen LogP contribution in [0.25, 0.3) is 0 Å². The molecular formula is C13H16. The third-order valence-electron chi connectivity index (χ3n) is 2.81. The summed E-state index contributed by atoms with van der Waals surface area (Å²) >= 11 is 0. The van der Waals surface area contributed by atoms with Crippen molar-refractivity contribution in [3.05, 3.63) is 46.6 Å². The summed E-state index contributed by atoms with van der Waals surface area (Å²) in [7, 11) is 0. The van der Waals surface area contributed by atoms with E-state index in [4.69, 9.17) is 0 Å². The highest BCUT2D eigenvalue weighted by Crippen LogP contribution is 2.34. The van der Waals surface area contributed by atoms with E-state index in [-0.39, 0.29) is 0 Å². The van der Waals surface area contributed by atoms with E-state index in [1.807, 2.05) is 0 Å². The Morgan fingerprint density at radius 2 is 1.46 bits per heavy atom. The van der Waals surface area contributed by atoms with Gasteiger partial charge in [-0.3, -0.25) is 0 Å². The molecule has 0 aromatic heterocycles. The van der Waals surface area contributed by atoms with E-state index in [1.54, 1.807) is 0 Å². The van der Waals surface area contributed by atoms with Crippen molar-refractivity contribution in [2.75, 3.05) is 0 Å². The van der Waals surface area contributed by atoms with Crippen LogP contribution in [0.3, 0.4) is 0 Å². The molecule has 0 saturated heterocycles. The molecule has 13 heavy (non-hydrogen) atoms. The van der Waals surface area contributed by atoms with Gasteiger partial charge in [0.1, 0.15) is 0 Å². The fraction of sp³-hybridized carbons (Fsp3) is 0.385. The van der Waals surface area contributed by atoms with E-state index in [0.717, 1.165) is 6.42 Å². The molecule has 0 aromatic carbocycles. The molecule has 0 aliphatic heterocycles. The van der Waals surface area contributed by atoms with Gasteiger partial charge in [-0.25, -0.2) is 0 Å². The average Bonchev–Trinajstić information content (AvgIpc) is 2.47. The monoisotopic (exact) mass is 172 g/mol. The lowest BCUT2D eigenvalue weighted by Crippen LogP contribution is -1.87. The zero-order chi connectivity index (χ0) is 9.42. The summed E-state index contributed by atoms with van der Waals surface area (Å²) in [6.07, 6.45) is 10.5. The normalized spacial score (nSPS) is 22.7. The summed E-state index contributed by atoms with van der Waals surface area (Å²) in [5.74, 6) is 0.576. The minimum absolute atomic E-state index is 0.576. The van der Waals surface area contributed by atoms with Crippen LogP contribution in [0, 0.1) is 5.92 Å². The summed E-state index contributed by atoms with van der Waals surface area (Å²) < 4.78 is 0. The van der Waals surface area contributed by atoms with Crippen LogP contribution in [0.15, 0.2) is 46.6 Å². The highest BCUT2D eigenvalue weighted by Gasteiger charge is 2.16. The van der Waals surface area contributed by atoms with E-state index >= 15 is 0 Å². The van der Waals surface area contributed by atoms with Crippen molar-refractivity contribution in [3.8, 4) is 0 Å². The van der Waals surface area contributed by atoms with Gasteiger partial charge >= 0.3 is 0 Å². The van der Waals surface area contributed by atoms with Crippen LogP contribution in [0.4, 0.5) is 0 Å². The van der Waals surface area contributed by atoms with Crippen LogP contribution in [-0.2, 0) is 0 Å². The van der Waals surface area contributed by atoms with Crippen molar-refractivity contribution in [1.29, 1.82) is 0 Å². The van der Waals surface area contributed by atoms with Crippen LogP contribution >= 0.6 is 0 Å². The van der Waals surface area contributed by atoms with Crippen molar-refractivity contribution in [2.45, 2.75) is 27.2 Å². The maximum Gasteiger partial charge on any atom is -0.00700 e. The lowest BCUT2D eigenvalue weighted by molar-refractivity contribution is 0.925. The molecule has 0 atom stereocenters. The second-order valence-corrected chi connectivity index (χ2v) is 4.03. The highest BCUT2D eigenvalue weighted by molar-refractivity contribution is 5.59. The predicted octanol–water partition coefficient (Wildman–Crippen LogP) is 3.79. The fourth-order valence-corrected chi connectivity index (χ4v) is 2.28. The topological polar surface area (TPSA) is 0 Å². The van der Waals surface area contributed by atoms with Crippen molar-refractivity contribution >= 4 is 0 Å². The van der Waals surface area contributed by atoms with E-state index < -0.39 is 0 Å². The Balaban J connectivity index is 2.51. The van der Waals surface area contributed by atoms with Gasteiger partial charge in [-0.15, -0.1) is 0 Å². The Bertz CT molecular complexity index is 314. The molecule has 2 rings (SSSR count). The number of allylic oxidation sites excluding steroid dienone is 8. The van der Waals surface area contributed by atoms with Gasteiger partial charge in [0, 0.05) is 0 Å². The molecule has 0 heterocycles. The third kappa shape index (κ3) is 1.41. The molecule has 0 heteroatoms. The first-order chi connectivity index (χ1) is 6.18. The molecule has 0 nitrogen and oxygen atoms in total. The van der Waals surface area contributed by atoms with Gasteiger partial charge in [0.25, 0.3) is 0 Å². The first-order valence-corrected chi connectivity index (χ1v) is 4.97. The van der Waals surface area contributed by atoms with Crippen molar-refractivity contribution in [3.63, 3.8) is 0 Å². The van der Waals surface area contributed by atoms with Gasteiger partial charge in [0.05, 0.1) is 0 Å². The second-order valence-electron chi connectivity index (χ2n) is 4.03. The Labute approximate surface area is 80.3 Å². The van der Waals surface area contributed by atoms with Gasteiger partial charge in [0.2, 0.25) is 0 Å². The van der Waals surface area contributed by atoms with Crippen LogP contribution in [-0.4, -0.2) is 0 Å². The van der Waals surface area contributed by atoms with Gasteiger partial charge in [-0.2, -0.15) is 0 Å². The highest BCUT2D eigenvalue weighted by atomic mass is 14.2. The summed E-state index contributed by atoms with van der Waals surface area (Å²) in [5.41, 5.74) is 5.78. The maximum atomic E-state index is 2.35. The smallest absolute Gasteiger partial charge is 0.00700 e. The minimum Gasteiger partial charge on any atom is -0.0743 e. The maximum absolute atomic E-state index is 2.35. The molecule has 0 radical (unpaired) electrons. The van der Waals surface area contributed by atoms with E-state index in [1.165, 1.54) is 22.3 Å². The van der Waals surface area contributed by atoms with Crippen molar-refractivity contribution in [1.82, 2.24) is 0 Å². The first kappa shape index (κ1) is 8.55. The summed E-state index contributed by atoms with van der Waals surface area (Å²) in [6, 6.07) is 0. The fourth-order valence-electron chi connectivity index (χ4n) is 2.28.